The summed E-state index contributed by atoms with van der Waals surface area (Å²) in [6.45, 7) is 1.63. The summed E-state index contributed by atoms with van der Waals surface area (Å²) in [7, 11) is 0. The molecule has 11 heteroatoms. The number of amides is 2. The second kappa shape index (κ2) is 9.24. The van der Waals surface area contributed by atoms with Crippen LogP contribution >= 0.6 is 0 Å². The largest absolute Gasteiger partial charge is 0.484 e. The molecule has 2 aliphatic heterocycles. The van der Waals surface area contributed by atoms with Gasteiger partial charge in [-0.05, 0) is 37.3 Å². The van der Waals surface area contributed by atoms with Crippen LogP contribution in [0.1, 0.15) is 12.5 Å². The number of halogens is 3. The van der Waals surface area contributed by atoms with Gasteiger partial charge in [0.05, 0.1) is 6.42 Å². The van der Waals surface area contributed by atoms with Gasteiger partial charge in [0, 0.05) is 48.7 Å². The SMILES string of the molecule is C[C@@H]1CN(c2ccc(OCC(F)(F)F)cc2)CCN1C(=O)C(=O)Nc1ccc2c(c1)OC(=O)C2. The van der Waals surface area contributed by atoms with E-state index in [0.717, 1.165) is 11.3 Å². The number of carbonyl (C=O) groups excluding carboxylic acids is 3. The number of esters is 1. The van der Waals surface area contributed by atoms with E-state index in [1.54, 1.807) is 24.3 Å². The third-order valence-electron chi connectivity index (χ3n) is 5.57. The molecule has 180 valence electrons. The van der Waals surface area contributed by atoms with Crippen LogP contribution in [0.25, 0.3) is 0 Å². The molecule has 0 bridgehead atoms. The van der Waals surface area contributed by atoms with Gasteiger partial charge < -0.3 is 24.6 Å². The number of alkyl halides is 3. The first-order chi connectivity index (χ1) is 16.1. The van der Waals surface area contributed by atoms with Crippen molar-refractivity contribution in [3.63, 3.8) is 0 Å². The summed E-state index contributed by atoms with van der Waals surface area (Å²) in [6, 6.07) is 10.7. The predicted molar refractivity (Wildman–Crippen MR) is 116 cm³/mol. The van der Waals surface area contributed by atoms with Gasteiger partial charge in [0.15, 0.2) is 6.61 Å². The molecular weight excluding hydrogens is 455 g/mol. The lowest BCUT2D eigenvalue weighted by atomic mass is 10.1. The van der Waals surface area contributed by atoms with Crippen LogP contribution in [0.3, 0.4) is 0 Å². The van der Waals surface area contributed by atoms with Crippen LogP contribution in [0.2, 0.25) is 0 Å². The summed E-state index contributed by atoms with van der Waals surface area (Å²) in [5.41, 5.74) is 1.85. The Morgan fingerprint density at radius 2 is 1.88 bits per heavy atom. The molecule has 8 nitrogen and oxygen atoms in total. The average molecular weight is 477 g/mol. The number of benzene rings is 2. The Morgan fingerprint density at radius 3 is 2.56 bits per heavy atom. The van der Waals surface area contributed by atoms with E-state index in [0.29, 0.717) is 31.1 Å². The summed E-state index contributed by atoms with van der Waals surface area (Å²) in [5.74, 6) is -1.37. The molecule has 2 heterocycles. The molecule has 1 fully saturated rings. The summed E-state index contributed by atoms with van der Waals surface area (Å²) in [4.78, 5) is 40.1. The average Bonchev–Trinajstić information content (AvgIpc) is 3.16. The van der Waals surface area contributed by atoms with E-state index in [2.05, 4.69) is 5.32 Å². The molecule has 0 spiro atoms. The number of hydrogen-bond donors (Lipinski definition) is 1. The van der Waals surface area contributed by atoms with Crippen LogP contribution in [-0.2, 0) is 20.8 Å². The van der Waals surface area contributed by atoms with E-state index in [1.165, 1.54) is 23.1 Å². The number of fused-ring (bicyclic) bond motifs is 1. The van der Waals surface area contributed by atoms with Crippen LogP contribution < -0.4 is 19.7 Å². The lowest BCUT2D eigenvalue weighted by Crippen LogP contribution is -2.56. The quantitative estimate of drug-likeness (QED) is 0.414. The lowest BCUT2D eigenvalue weighted by Gasteiger charge is -2.40. The van der Waals surface area contributed by atoms with Crippen molar-refractivity contribution < 1.29 is 37.0 Å². The van der Waals surface area contributed by atoms with Crippen molar-refractivity contribution in [2.45, 2.75) is 25.6 Å². The molecule has 1 saturated heterocycles. The maximum Gasteiger partial charge on any atom is 0.422 e. The Morgan fingerprint density at radius 1 is 1.15 bits per heavy atom. The molecule has 0 radical (unpaired) electrons. The number of hydrogen-bond acceptors (Lipinski definition) is 6. The summed E-state index contributed by atoms with van der Waals surface area (Å²) < 4.78 is 46.7. The number of nitrogens with one attached hydrogen (secondary N) is 1. The van der Waals surface area contributed by atoms with Gasteiger partial charge >= 0.3 is 24.0 Å². The van der Waals surface area contributed by atoms with Gasteiger partial charge in [0.25, 0.3) is 0 Å². The number of piperazine rings is 1. The second-order valence-corrected chi connectivity index (χ2v) is 8.12. The molecule has 1 atom stereocenters. The first kappa shape index (κ1) is 23.4. The first-order valence-electron chi connectivity index (χ1n) is 10.6. The van der Waals surface area contributed by atoms with E-state index in [-0.39, 0.29) is 24.2 Å². The van der Waals surface area contributed by atoms with Gasteiger partial charge in [0.1, 0.15) is 11.5 Å². The van der Waals surface area contributed by atoms with Crippen LogP contribution in [0.4, 0.5) is 24.5 Å². The van der Waals surface area contributed by atoms with E-state index >= 15 is 0 Å². The lowest BCUT2D eigenvalue weighted by molar-refractivity contribution is -0.153. The molecule has 4 rings (SSSR count). The summed E-state index contributed by atoms with van der Waals surface area (Å²) >= 11 is 0. The fourth-order valence-electron chi connectivity index (χ4n) is 3.91. The van der Waals surface area contributed by atoms with Gasteiger partial charge in [-0.2, -0.15) is 13.2 Å². The Labute approximate surface area is 193 Å². The molecule has 0 aliphatic carbocycles. The normalized spacial score (nSPS) is 17.8. The number of anilines is 2. The zero-order valence-electron chi connectivity index (χ0n) is 18.2. The predicted octanol–water partition coefficient (Wildman–Crippen LogP) is 2.77. The number of nitrogens with zero attached hydrogens (tertiary/aromatic N) is 2. The molecule has 34 heavy (non-hydrogen) atoms. The van der Waals surface area contributed by atoms with E-state index in [1.807, 2.05) is 11.8 Å². The summed E-state index contributed by atoms with van der Waals surface area (Å²) in [5, 5.41) is 2.55. The Hall–Kier alpha value is -3.76. The Balaban J connectivity index is 1.32. The molecule has 2 aromatic rings. The van der Waals surface area contributed by atoms with Crippen molar-refractivity contribution >= 4 is 29.2 Å². The van der Waals surface area contributed by atoms with Crippen LogP contribution in [0.5, 0.6) is 11.5 Å². The van der Waals surface area contributed by atoms with E-state index in [4.69, 9.17) is 9.47 Å². The van der Waals surface area contributed by atoms with Gasteiger partial charge in [-0.3, -0.25) is 14.4 Å². The van der Waals surface area contributed by atoms with Gasteiger partial charge in [-0.15, -0.1) is 0 Å². The molecular formula is C23H22F3N3O5. The van der Waals surface area contributed by atoms with Crippen molar-refractivity contribution in [1.29, 1.82) is 0 Å². The van der Waals surface area contributed by atoms with Gasteiger partial charge in [-0.1, -0.05) is 6.07 Å². The Bertz CT molecular complexity index is 1100. The van der Waals surface area contributed by atoms with Crippen LogP contribution in [0.15, 0.2) is 42.5 Å². The topological polar surface area (TPSA) is 88.2 Å². The zero-order valence-corrected chi connectivity index (χ0v) is 18.2. The van der Waals surface area contributed by atoms with Crippen molar-refractivity contribution in [3.8, 4) is 11.5 Å². The molecule has 0 saturated carbocycles. The standard InChI is InChI=1S/C23H22F3N3O5/c1-14-12-28(17-4-6-18(7-5-17)33-13-23(24,25)26)8-9-29(14)22(32)21(31)27-16-3-2-15-10-20(30)34-19(15)11-16/h2-7,11,14H,8-10,12-13H2,1H3,(H,27,31)/t14-/m1/s1. The number of ether oxygens (including phenoxy) is 2. The molecule has 1 N–H and O–H groups in total. The van der Waals surface area contributed by atoms with Gasteiger partial charge in [-0.25, -0.2) is 0 Å². The Kier molecular flexibility index (Phi) is 6.36. The minimum atomic E-state index is -4.41. The zero-order chi connectivity index (χ0) is 24.5. The van der Waals surface area contributed by atoms with Crippen LogP contribution in [-0.4, -0.2) is 61.1 Å². The fourth-order valence-corrected chi connectivity index (χ4v) is 3.91. The monoisotopic (exact) mass is 477 g/mol. The van der Waals surface area contributed by atoms with Crippen molar-refractivity contribution in [3.05, 3.63) is 48.0 Å². The highest BCUT2D eigenvalue weighted by Crippen LogP contribution is 2.29. The number of rotatable bonds is 4. The highest BCUT2D eigenvalue weighted by molar-refractivity contribution is 6.39. The summed E-state index contributed by atoms with van der Waals surface area (Å²) in [6.07, 6.45) is -4.23. The molecule has 2 aliphatic rings. The third-order valence-corrected chi connectivity index (χ3v) is 5.57. The smallest absolute Gasteiger partial charge is 0.422 e. The third kappa shape index (κ3) is 5.41. The molecule has 0 aromatic heterocycles. The minimum Gasteiger partial charge on any atom is -0.484 e. The fraction of sp³-hybridized carbons (Fsp3) is 0.348. The molecule has 2 amide bonds. The van der Waals surface area contributed by atoms with E-state index in [9.17, 15) is 27.6 Å². The first-order valence-corrected chi connectivity index (χ1v) is 10.6. The highest BCUT2D eigenvalue weighted by Gasteiger charge is 2.32. The maximum atomic E-state index is 12.7. The van der Waals surface area contributed by atoms with Crippen molar-refractivity contribution in [2.75, 3.05) is 36.5 Å². The van der Waals surface area contributed by atoms with E-state index < -0.39 is 24.6 Å². The van der Waals surface area contributed by atoms with Crippen molar-refractivity contribution in [2.24, 2.45) is 0 Å². The van der Waals surface area contributed by atoms with Crippen molar-refractivity contribution in [1.82, 2.24) is 4.90 Å². The molecule has 2 aromatic carbocycles. The molecule has 0 unspecified atom stereocenters. The maximum absolute atomic E-state index is 12.7. The second-order valence-electron chi connectivity index (χ2n) is 8.12. The number of carbonyl (C=O) groups is 3. The van der Waals surface area contributed by atoms with Crippen LogP contribution in [0, 0.1) is 0 Å². The highest BCUT2D eigenvalue weighted by atomic mass is 19.4. The van der Waals surface area contributed by atoms with Gasteiger partial charge in [0.2, 0.25) is 0 Å². The minimum absolute atomic E-state index is 0.112.